The van der Waals surface area contributed by atoms with Crippen molar-refractivity contribution in [3.05, 3.63) is 70.5 Å². The Kier molecular flexibility index (Phi) is 5.71. The standard InChI is InChI=1S/C17H16ClFN2O2/c1-21(11-13-4-2-3-5-15(13)19)16(22)10-20-17(23)12-6-8-14(18)9-7-12/h2-9H,10-11H2,1H3,(H,20,23). The van der Waals surface area contributed by atoms with Gasteiger partial charge in [0, 0.05) is 29.7 Å². The molecule has 0 atom stereocenters. The van der Waals surface area contributed by atoms with Gasteiger partial charge in [-0.25, -0.2) is 4.39 Å². The van der Waals surface area contributed by atoms with Crippen molar-refractivity contribution in [3.8, 4) is 0 Å². The SMILES string of the molecule is CN(Cc1ccccc1F)C(=O)CNC(=O)c1ccc(Cl)cc1. The van der Waals surface area contributed by atoms with Crippen LogP contribution in [0.3, 0.4) is 0 Å². The lowest BCUT2D eigenvalue weighted by atomic mass is 10.2. The smallest absolute Gasteiger partial charge is 0.251 e. The van der Waals surface area contributed by atoms with Crippen LogP contribution >= 0.6 is 11.6 Å². The second kappa shape index (κ2) is 7.74. The largest absolute Gasteiger partial charge is 0.343 e. The molecule has 23 heavy (non-hydrogen) atoms. The summed E-state index contributed by atoms with van der Waals surface area (Å²) in [5, 5.41) is 3.06. The number of halogens is 2. The first-order valence-corrected chi connectivity index (χ1v) is 7.36. The number of amides is 2. The quantitative estimate of drug-likeness (QED) is 0.914. The minimum atomic E-state index is -0.366. The first-order valence-electron chi connectivity index (χ1n) is 6.98. The van der Waals surface area contributed by atoms with Gasteiger partial charge in [-0.3, -0.25) is 9.59 Å². The predicted molar refractivity (Wildman–Crippen MR) is 86.7 cm³/mol. The fourth-order valence-electron chi connectivity index (χ4n) is 1.96. The molecule has 0 saturated heterocycles. The van der Waals surface area contributed by atoms with Gasteiger partial charge in [0.2, 0.25) is 5.91 Å². The Balaban J connectivity index is 1.87. The van der Waals surface area contributed by atoms with Crippen LogP contribution in [0.25, 0.3) is 0 Å². The molecule has 4 nitrogen and oxygen atoms in total. The number of hydrogen-bond donors (Lipinski definition) is 1. The van der Waals surface area contributed by atoms with E-state index in [-0.39, 0.29) is 30.7 Å². The molecule has 0 spiro atoms. The minimum Gasteiger partial charge on any atom is -0.343 e. The number of nitrogens with zero attached hydrogens (tertiary/aromatic N) is 1. The molecule has 120 valence electrons. The summed E-state index contributed by atoms with van der Waals surface area (Å²) in [5.74, 6) is -1.04. The molecular formula is C17H16ClFN2O2. The Labute approximate surface area is 138 Å². The lowest BCUT2D eigenvalue weighted by molar-refractivity contribution is -0.129. The second-order valence-corrected chi connectivity index (χ2v) is 5.47. The van der Waals surface area contributed by atoms with Crippen LogP contribution in [0.2, 0.25) is 5.02 Å². The van der Waals surface area contributed by atoms with Crippen molar-refractivity contribution >= 4 is 23.4 Å². The summed E-state index contributed by atoms with van der Waals surface area (Å²) in [6, 6.07) is 12.6. The van der Waals surface area contributed by atoms with Crippen LogP contribution in [0, 0.1) is 5.82 Å². The highest BCUT2D eigenvalue weighted by Gasteiger charge is 2.13. The summed E-state index contributed by atoms with van der Waals surface area (Å²) in [6.07, 6.45) is 0. The fourth-order valence-corrected chi connectivity index (χ4v) is 2.09. The number of carbonyl (C=O) groups is 2. The molecule has 2 aromatic carbocycles. The highest BCUT2D eigenvalue weighted by molar-refractivity contribution is 6.30. The molecule has 0 unspecified atom stereocenters. The van der Waals surface area contributed by atoms with Crippen LogP contribution in [0.1, 0.15) is 15.9 Å². The van der Waals surface area contributed by atoms with E-state index in [9.17, 15) is 14.0 Å². The Morgan fingerprint density at radius 1 is 1.13 bits per heavy atom. The molecule has 0 saturated carbocycles. The monoisotopic (exact) mass is 334 g/mol. The van der Waals surface area contributed by atoms with E-state index in [2.05, 4.69) is 5.32 Å². The van der Waals surface area contributed by atoms with Crippen molar-refractivity contribution in [1.29, 1.82) is 0 Å². The molecule has 2 rings (SSSR count). The molecule has 6 heteroatoms. The summed E-state index contributed by atoms with van der Waals surface area (Å²) in [5.41, 5.74) is 0.839. The number of rotatable bonds is 5. The summed E-state index contributed by atoms with van der Waals surface area (Å²) in [7, 11) is 1.56. The van der Waals surface area contributed by atoms with E-state index in [1.54, 1.807) is 49.5 Å². The number of benzene rings is 2. The van der Waals surface area contributed by atoms with Crippen LogP contribution in [0.4, 0.5) is 4.39 Å². The van der Waals surface area contributed by atoms with E-state index in [1.807, 2.05) is 0 Å². The van der Waals surface area contributed by atoms with Crippen LogP contribution in [0.5, 0.6) is 0 Å². The zero-order valence-electron chi connectivity index (χ0n) is 12.6. The van der Waals surface area contributed by atoms with Gasteiger partial charge in [-0.05, 0) is 30.3 Å². The summed E-state index contributed by atoms with van der Waals surface area (Å²) >= 11 is 5.75. The molecule has 0 aliphatic carbocycles. The van der Waals surface area contributed by atoms with Crippen molar-refractivity contribution in [2.24, 2.45) is 0 Å². The summed E-state index contributed by atoms with van der Waals surface area (Å²) in [6.45, 7) is -0.0191. The van der Waals surface area contributed by atoms with Gasteiger partial charge in [-0.2, -0.15) is 0 Å². The van der Waals surface area contributed by atoms with Crippen LogP contribution in [0.15, 0.2) is 48.5 Å². The highest BCUT2D eigenvalue weighted by Crippen LogP contribution is 2.10. The molecule has 0 radical (unpaired) electrons. The first kappa shape index (κ1) is 17.0. The molecule has 2 amide bonds. The zero-order chi connectivity index (χ0) is 16.8. The Hall–Kier alpha value is -2.40. The predicted octanol–water partition coefficient (Wildman–Crippen LogP) is 2.87. The molecule has 0 bridgehead atoms. The van der Waals surface area contributed by atoms with Crippen molar-refractivity contribution in [2.45, 2.75) is 6.54 Å². The molecule has 0 aliphatic rings. The molecule has 0 aliphatic heterocycles. The maximum absolute atomic E-state index is 13.6. The Bertz CT molecular complexity index is 704. The van der Waals surface area contributed by atoms with Crippen molar-refractivity contribution in [3.63, 3.8) is 0 Å². The third-order valence-corrected chi connectivity index (χ3v) is 3.55. The van der Waals surface area contributed by atoms with E-state index >= 15 is 0 Å². The number of hydrogen-bond acceptors (Lipinski definition) is 2. The van der Waals surface area contributed by atoms with Crippen LogP contribution < -0.4 is 5.32 Å². The maximum atomic E-state index is 13.6. The van der Waals surface area contributed by atoms with E-state index in [1.165, 1.54) is 11.0 Å². The van der Waals surface area contributed by atoms with Gasteiger partial charge in [0.15, 0.2) is 0 Å². The third-order valence-electron chi connectivity index (χ3n) is 3.30. The number of carbonyl (C=O) groups excluding carboxylic acids is 2. The number of nitrogens with one attached hydrogen (secondary N) is 1. The van der Waals surface area contributed by atoms with Crippen molar-refractivity contribution in [1.82, 2.24) is 10.2 Å². The lowest BCUT2D eigenvalue weighted by Crippen LogP contribution is -2.37. The van der Waals surface area contributed by atoms with Crippen molar-refractivity contribution in [2.75, 3.05) is 13.6 Å². The molecule has 1 N–H and O–H groups in total. The van der Waals surface area contributed by atoms with Crippen molar-refractivity contribution < 1.29 is 14.0 Å². The van der Waals surface area contributed by atoms with Gasteiger partial charge >= 0.3 is 0 Å². The van der Waals surface area contributed by atoms with Crippen LogP contribution in [-0.4, -0.2) is 30.3 Å². The molecule has 0 fully saturated rings. The number of likely N-dealkylation sites (N-methyl/N-ethyl adjacent to an activating group) is 1. The first-order chi connectivity index (χ1) is 11.0. The Morgan fingerprint density at radius 3 is 2.43 bits per heavy atom. The van der Waals surface area contributed by atoms with Gasteiger partial charge in [0.05, 0.1) is 6.54 Å². The molecule has 0 aromatic heterocycles. The van der Waals surface area contributed by atoms with Crippen LogP contribution in [-0.2, 0) is 11.3 Å². The molecule has 0 heterocycles. The second-order valence-electron chi connectivity index (χ2n) is 5.03. The van der Waals surface area contributed by atoms with E-state index < -0.39 is 0 Å². The summed E-state index contributed by atoms with van der Waals surface area (Å²) in [4.78, 5) is 25.3. The van der Waals surface area contributed by atoms with Gasteiger partial charge in [0.25, 0.3) is 5.91 Å². The zero-order valence-corrected chi connectivity index (χ0v) is 13.3. The van der Waals surface area contributed by atoms with Gasteiger partial charge in [0.1, 0.15) is 5.82 Å². The minimum absolute atomic E-state index is 0.141. The fraction of sp³-hybridized carbons (Fsp3) is 0.176. The van der Waals surface area contributed by atoms with Gasteiger partial charge in [-0.1, -0.05) is 29.8 Å². The normalized spacial score (nSPS) is 10.2. The lowest BCUT2D eigenvalue weighted by Gasteiger charge is -2.18. The van der Waals surface area contributed by atoms with Gasteiger partial charge in [-0.15, -0.1) is 0 Å². The average molecular weight is 335 g/mol. The van der Waals surface area contributed by atoms with E-state index in [4.69, 9.17) is 11.6 Å². The molecule has 2 aromatic rings. The maximum Gasteiger partial charge on any atom is 0.251 e. The van der Waals surface area contributed by atoms with E-state index in [0.717, 1.165) is 0 Å². The van der Waals surface area contributed by atoms with E-state index in [0.29, 0.717) is 16.1 Å². The Morgan fingerprint density at radius 2 is 1.78 bits per heavy atom. The highest BCUT2D eigenvalue weighted by atomic mass is 35.5. The third kappa shape index (κ3) is 4.79. The summed E-state index contributed by atoms with van der Waals surface area (Å²) < 4.78 is 13.6. The topological polar surface area (TPSA) is 49.4 Å². The molecular weight excluding hydrogens is 319 g/mol. The average Bonchev–Trinajstić information content (AvgIpc) is 2.55. The van der Waals surface area contributed by atoms with Gasteiger partial charge < -0.3 is 10.2 Å².